The molecule has 0 saturated heterocycles. The van der Waals surface area contributed by atoms with Crippen molar-refractivity contribution in [1.82, 2.24) is 19.9 Å². The molecule has 0 N–H and O–H groups in total. The molecule has 2 aliphatic heterocycles. The van der Waals surface area contributed by atoms with Gasteiger partial charge in [0.05, 0.1) is 22.8 Å². The summed E-state index contributed by atoms with van der Waals surface area (Å²) in [4.78, 5) is 20.4. The van der Waals surface area contributed by atoms with Crippen LogP contribution in [0.15, 0.2) is 24.3 Å². The Balaban J connectivity index is 0.00000320. The van der Waals surface area contributed by atoms with Crippen LogP contribution in [0.2, 0.25) is 0 Å². The van der Waals surface area contributed by atoms with E-state index in [4.69, 9.17) is 19.9 Å². The van der Waals surface area contributed by atoms with Crippen molar-refractivity contribution in [2.45, 2.75) is 81.1 Å². The van der Waals surface area contributed by atoms with E-state index in [1.54, 1.807) is 0 Å². The minimum atomic E-state index is 0. The topological polar surface area (TPSA) is 54.0 Å². The van der Waals surface area contributed by atoms with Crippen LogP contribution in [-0.2, 0) is 29.6 Å². The van der Waals surface area contributed by atoms with Crippen LogP contribution in [-0.4, -0.2) is 9.97 Å². The van der Waals surface area contributed by atoms with Crippen LogP contribution in [0.25, 0.3) is 44.4 Å². The number of aromatic nitrogens is 4. The average Bonchev–Trinajstić information content (AvgIpc) is 3.51. The van der Waals surface area contributed by atoms with Gasteiger partial charge in [0.1, 0.15) is 0 Å². The Morgan fingerprint density at radius 1 is 0.514 bits per heavy atom. The molecule has 3 aromatic rings. The molecule has 3 aromatic heterocycles. The smallest absolute Gasteiger partial charge is 0.657 e. The predicted molar refractivity (Wildman–Crippen MR) is 153 cm³/mol. The number of nitrogens with zero attached hydrogens (tertiary/aromatic N) is 4. The van der Waals surface area contributed by atoms with Gasteiger partial charge in [0, 0.05) is 0 Å². The third-order valence-electron chi connectivity index (χ3n) is 8.06. The monoisotopic (exact) mass is 535 g/mol. The number of rotatable bonds is 4. The summed E-state index contributed by atoms with van der Waals surface area (Å²) in [6, 6.07) is 8.72. The van der Waals surface area contributed by atoms with Gasteiger partial charge in [-0.2, -0.15) is 0 Å². The molecule has 0 atom stereocenters. The molecule has 0 aromatic carbocycles. The van der Waals surface area contributed by atoms with E-state index < -0.39 is 0 Å². The standard InChI is InChI=1S/C32H36N4.Co/c1-9-21-17(5)25-14-30-23(11-3)19(7)27(35-30)16-32-24(12-4)20(8)28(36-32)15-31-22(10-2)18(6)26(34-31)13-29(21)33-25;/h13-16H,9-12H2,1-8H3;/q-2;+3. The van der Waals surface area contributed by atoms with Gasteiger partial charge in [-0.25, -0.2) is 9.97 Å². The van der Waals surface area contributed by atoms with Crippen molar-refractivity contribution in [3.05, 3.63) is 69.3 Å². The molecule has 0 saturated carbocycles. The van der Waals surface area contributed by atoms with Crippen molar-refractivity contribution in [2.24, 2.45) is 0 Å². The quantitative estimate of drug-likeness (QED) is 0.340. The maximum Gasteiger partial charge on any atom is 3.00 e. The first kappa shape index (κ1) is 27.1. The first-order valence-corrected chi connectivity index (χ1v) is 13.3. The largest absolute Gasteiger partial charge is 3.00 e. The third-order valence-corrected chi connectivity index (χ3v) is 8.06. The van der Waals surface area contributed by atoms with E-state index in [-0.39, 0.29) is 16.8 Å². The zero-order chi connectivity index (χ0) is 25.7. The molecular weight excluding hydrogens is 499 g/mol. The van der Waals surface area contributed by atoms with Crippen molar-refractivity contribution >= 4 is 44.4 Å². The molecule has 0 aliphatic carbocycles. The Bertz CT molecular complexity index is 1490. The van der Waals surface area contributed by atoms with Gasteiger partial charge >= 0.3 is 16.8 Å². The number of allylic oxidation sites excluding steroid dienone is 4. The van der Waals surface area contributed by atoms with Crippen molar-refractivity contribution in [3.8, 4) is 0 Å². The summed E-state index contributed by atoms with van der Waals surface area (Å²) in [5, 5.41) is 0. The van der Waals surface area contributed by atoms with E-state index >= 15 is 0 Å². The molecule has 0 unspecified atom stereocenters. The molecule has 5 rings (SSSR count). The molecule has 0 spiro atoms. The fourth-order valence-corrected chi connectivity index (χ4v) is 5.85. The molecule has 5 heterocycles. The van der Waals surface area contributed by atoms with Gasteiger partial charge < -0.3 is 9.97 Å². The van der Waals surface area contributed by atoms with E-state index in [0.29, 0.717) is 0 Å². The van der Waals surface area contributed by atoms with Gasteiger partial charge in [-0.3, -0.25) is 0 Å². The Hall–Kier alpha value is -2.89. The summed E-state index contributed by atoms with van der Waals surface area (Å²) in [6.45, 7) is 17.6. The molecule has 0 radical (unpaired) electrons. The minimum Gasteiger partial charge on any atom is -0.657 e. The van der Waals surface area contributed by atoms with Gasteiger partial charge in [-0.15, -0.1) is 22.1 Å². The SMILES string of the molecule is CCC1=C(C)c2cc3[n-]c(cc4nc(cc5[n-]c(cc1n2)c(C)c5CC)C(C)=C4CC)c(C)c3CC.[Co+3]. The molecule has 0 amide bonds. The maximum absolute atomic E-state index is 5.11. The normalized spacial score (nSPS) is 13.4. The molecular formula is C32H36CoN4+. The molecule has 5 heteroatoms. The summed E-state index contributed by atoms with van der Waals surface area (Å²) >= 11 is 0. The van der Waals surface area contributed by atoms with E-state index in [1.165, 1.54) is 44.5 Å². The van der Waals surface area contributed by atoms with Crippen LogP contribution in [0, 0.1) is 13.8 Å². The van der Waals surface area contributed by atoms with E-state index in [0.717, 1.165) is 70.5 Å². The van der Waals surface area contributed by atoms with Crippen LogP contribution in [0.5, 0.6) is 0 Å². The Morgan fingerprint density at radius 2 is 0.865 bits per heavy atom. The van der Waals surface area contributed by atoms with Crippen molar-refractivity contribution < 1.29 is 16.8 Å². The molecule has 2 aliphatic rings. The minimum absolute atomic E-state index is 0. The Labute approximate surface area is 231 Å². The zero-order valence-electron chi connectivity index (χ0n) is 23.3. The number of aryl methyl sites for hydroxylation is 4. The predicted octanol–water partition coefficient (Wildman–Crippen LogP) is 7.99. The molecule has 37 heavy (non-hydrogen) atoms. The van der Waals surface area contributed by atoms with Gasteiger partial charge in [0.15, 0.2) is 0 Å². The summed E-state index contributed by atoms with van der Waals surface area (Å²) in [6.07, 6.45) is 3.74. The first-order chi connectivity index (χ1) is 17.3. The summed E-state index contributed by atoms with van der Waals surface area (Å²) in [5.74, 6) is 0. The fourth-order valence-electron chi connectivity index (χ4n) is 5.85. The summed E-state index contributed by atoms with van der Waals surface area (Å²) in [7, 11) is 0. The molecule has 0 fully saturated rings. The fraction of sp³-hybridized carbons (Fsp3) is 0.375. The van der Waals surface area contributed by atoms with Crippen LogP contribution in [0.4, 0.5) is 0 Å². The Morgan fingerprint density at radius 3 is 1.19 bits per heavy atom. The third kappa shape index (κ3) is 4.42. The molecule has 4 nitrogen and oxygen atoms in total. The molecule has 8 bridgehead atoms. The van der Waals surface area contributed by atoms with E-state index in [1.807, 2.05) is 0 Å². The Kier molecular flexibility index (Phi) is 7.68. The zero-order valence-corrected chi connectivity index (χ0v) is 24.3. The number of hydrogen-bond acceptors (Lipinski definition) is 2. The maximum atomic E-state index is 5.11. The first-order valence-electron chi connectivity index (χ1n) is 13.3. The summed E-state index contributed by atoms with van der Waals surface area (Å²) < 4.78 is 0. The van der Waals surface area contributed by atoms with E-state index in [9.17, 15) is 0 Å². The number of hydrogen-bond donors (Lipinski definition) is 0. The van der Waals surface area contributed by atoms with Crippen LogP contribution < -0.4 is 9.97 Å². The number of fused-ring (bicyclic) bond motifs is 8. The van der Waals surface area contributed by atoms with Crippen molar-refractivity contribution in [1.29, 1.82) is 0 Å². The second kappa shape index (κ2) is 10.5. The van der Waals surface area contributed by atoms with Gasteiger partial charge in [-0.05, 0) is 75.7 Å². The molecule has 192 valence electrons. The average molecular weight is 536 g/mol. The van der Waals surface area contributed by atoms with Gasteiger partial charge in [-0.1, -0.05) is 74.2 Å². The van der Waals surface area contributed by atoms with E-state index in [2.05, 4.69) is 79.7 Å². The van der Waals surface area contributed by atoms with Crippen molar-refractivity contribution in [3.63, 3.8) is 0 Å². The second-order valence-corrected chi connectivity index (χ2v) is 9.93. The summed E-state index contributed by atoms with van der Waals surface area (Å²) in [5.41, 5.74) is 18.2. The van der Waals surface area contributed by atoms with Crippen molar-refractivity contribution in [2.75, 3.05) is 0 Å². The van der Waals surface area contributed by atoms with Gasteiger partial charge in [0.2, 0.25) is 0 Å². The van der Waals surface area contributed by atoms with Crippen LogP contribution in [0.3, 0.4) is 0 Å². The second-order valence-electron chi connectivity index (χ2n) is 9.93. The van der Waals surface area contributed by atoms with Crippen LogP contribution >= 0.6 is 0 Å². The van der Waals surface area contributed by atoms with Crippen LogP contribution in [0.1, 0.15) is 99.4 Å². The van der Waals surface area contributed by atoms with Gasteiger partial charge in [0.25, 0.3) is 0 Å².